The number of likely N-dealkylation sites (tertiary alicyclic amines) is 1. The number of nitrogens with one attached hydrogen (secondary N) is 2. The number of oxime groups is 1. The van der Waals surface area contributed by atoms with Crippen molar-refractivity contribution < 1.29 is 24.0 Å². The third-order valence-corrected chi connectivity index (χ3v) is 5.71. The van der Waals surface area contributed by atoms with Gasteiger partial charge in [0.1, 0.15) is 6.54 Å². The molecule has 0 unspecified atom stereocenters. The summed E-state index contributed by atoms with van der Waals surface area (Å²) in [5, 5.41) is 6.91. The number of rotatable bonds is 8. The van der Waals surface area contributed by atoms with Crippen molar-refractivity contribution in [2.24, 2.45) is 5.16 Å². The molecule has 7 nitrogen and oxygen atoms in total. The average molecular weight is 425 g/mol. The van der Waals surface area contributed by atoms with Crippen LogP contribution in [-0.2, 0) is 22.7 Å². The van der Waals surface area contributed by atoms with E-state index in [-0.39, 0.29) is 19.3 Å². The summed E-state index contributed by atoms with van der Waals surface area (Å²) in [6.07, 6.45) is 4.04. The van der Waals surface area contributed by atoms with Crippen LogP contribution >= 0.6 is 0 Å². The Labute approximate surface area is 183 Å². The first-order valence-corrected chi connectivity index (χ1v) is 10.9. The highest BCUT2D eigenvalue weighted by Gasteiger charge is 2.15. The zero-order valence-corrected chi connectivity index (χ0v) is 18.0. The summed E-state index contributed by atoms with van der Waals surface area (Å²) < 4.78 is 10.7. The lowest BCUT2D eigenvalue weighted by molar-refractivity contribution is -0.918. The number of amides is 1. The summed E-state index contributed by atoms with van der Waals surface area (Å²) >= 11 is 0. The van der Waals surface area contributed by atoms with Gasteiger partial charge in [0.05, 0.1) is 18.8 Å². The highest BCUT2D eigenvalue weighted by molar-refractivity contribution is 5.99. The van der Waals surface area contributed by atoms with E-state index in [1.807, 2.05) is 25.1 Å². The standard InChI is InChI=1S/C24H29N3O4/c1-18(21-9-10-22-23(13-21)30-17-29-22)26-31-16-24(28)25-14-19-5-7-20(8-6-19)15-27-11-3-2-4-12-27/h5-10,13H,2-4,11-12,14-17H2,1H3,(H,25,28)/p+1/b26-18-. The van der Waals surface area contributed by atoms with Crippen LogP contribution in [0.5, 0.6) is 11.5 Å². The Bertz CT molecular complexity index is 921. The fourth-order valence-electron chi connectivity index (χ4n) is 3.91. The van der Waals surface area contributed by atoms with Crippen LogP contribution in [0.25, 0.3) is 0 Å². The number of piperidine rings is 1. The highest BCUT2D eigenvalue weighted by atomic mass is 16.7. The van der Waals surface area contributed by atoms with E-state index in [1.165, 1.54) is 37.9 Å². The molecule has 1 saturated heterocycles. The molecule has 4 rings (SSSR count). The molecule has 0 atom stereocenters. The molecule has 2 N–H and O–H groups in total. The maximum atomic E-state index is 12.1. The first-order chi connectivity index (χ1) is 15.2. The molecule has 2 heterocycles. The van der Waals surface area contributed by atoms with E-state index >= 15 is 0 Å². The molecule has 0 radical (unpaired) electrons. The molecule has 0 aromatic heterocycles. The summed E-state index contributed by atoms with van der Waals surface area (Å²) in [5.74, 6) is 1.20. The zero-order chi connectivity index (χ0) is 21.5. The Kier molecular flexibility index (Phi) is 7.04. The molecular formula is C24H30N3O4+. The average Bonchev–Trinajstić information content (AvgIpc) is 3.27. The van der Waals surface area contributed by atoms with Gasteiger partial charge in [0.25, 0.3) is 5.91 Å². The van der Waals surface area contributed by atoms with Crippen molar-refractivity contribution in [3.8, 4) is 11.5 Å². The van der Waals surface area contributed by atoms with Gasteiger partial charge in [-0.3, -0.25) is 4.79 Å². The molecule has 0 spiro atoms. The van der Waals surface area contributed by atoms with Gasteiger partial charge in [-0.15, -0.1) is 0 Å². The van der Waals surface area contributed by atoms with Crippen molar-refractivity contribution in [1.82, 2.24) is 5.32 Å². The molecule has 2 aromatic rings. The van der Waals surface area contributed by atoms with E-state index in [2.05, 4.69) is 34.7 Å². The lowest BCUT2D eigenvalue weighted by atomic mass is 10.1. The number of nitrogens with zero attached hydrogens (tertiary/aromatic N) is 1. The lowest BCUT2D eigenvalue weighted by Crippen LogP contribution is -3.11. The second-order valence-electron chi connectivity index (χ2n) is 8.10. The molecule has 0 bridgehead atoms. The molecule has 1 fully saturated rings. The van der Waals surface area contributed by atoms with Crippen molar-refractivity contribution in [1.29, 1.82) is 0 Å². The number of quaternary nitrogens is 1. The number of fused-ring (bicyclic) bond motifs is 1. The largest absolute Gasteiger partial charge is 0.454 e. The van der Waals surface area contributed by atoms with Gasteiger partial charge < -0.3 is 24.5 Å². The SMILES string of the molecule is C/C(=N/OCC(=O)NCc1ccc(C[NH+]2CCCCC2)cc1)c1ccc2c(c1)OCO2. The first-order valence-electron chi connectivity index (χ1n) is 10.9. The molecule has 2 aliphatic heterocycles. The van der Waals surface area contributed by atoms with E-state index in [0.29, 0.717) is 18.0 Å². The number of carbonyl (C=O) groups is 1. The summed E-state index contributed by atoms with van der Waals surface area (Å²) in [7, 11) is 0. The molecule has 0 saturated carbocycles. The topological polar surface area (TPSA) is 73.6 Å². The summed E-state index contributed by atoms with van der Waals surface area (Å²) in [6, 6.07) is 14.1. The lowest BCUT2D eigenvalue weighted by Gasteiger charge is -2.23. The van der Waals surface area contributed by atoms with Crippen LogP contribution < -0.4 is 19.7 Å². The first kappa shape index (κ1) is 21.2. The van der Waals surface area contributed by atoms with Crippen LogP contribution in [0, 0.1) is 0 Å². The molecule has 2 aromatic carbocycles. The maximum absolute atomic E-state index is 12.1. The molecule has 31 heavy (non-hydrogen) atoms. The predicted molar refractivity (Wildman–Crippen MR) is 117 cm³/mol. The Morgan fingerprint density at radius 3 is 2.58 bits per heavy atom. The summed E-state index contributed by atoms with van der Waals surface area (Å²) in [6.45, 7) is 6.03. The van der Waals surface area contributed by atoms with Crippen LogP contribution in [0.1, 0.15) is 42.9 Å². The Morgan fingerprint density at radius 1 is 1.03 bits per heavy atom. The molecule has 0 aliphatic carbocycles. The number of carbonyl (C=O) groups excluding carboxylic acids is 1. The highest BCUT2D eigenvalue weighted by Crippen LogP contribution is 2.32. The van der Waals surface area contributed by atoms with Crippen LogP contribution in [0.3, 0.4) is 0 Å². The molecule has 1 amide bonds. The Balaban J connectivity index is 1.19. The van der Waals surface area contributed by atoms with Gasteiger partial charge in [-0.1, -0.05) is 29.4 Å². The van der Waals surface area contributed by atoms with E-state index < -0.39 is 0 Å². The second kappa shape index (κ2) is 10.3. The quantitative estimate of drug-likeness (QED) is 0.503. The summed E-state index contributed by atoms with van der Waals surface area (Å²) in [5.41, 5.74) is 3.95. The van der Waals surface area contributed by atoms with Crippen LogP contribution in [0.4, 0.5) is 0 Å². The van der Waals surface area contributed by atoms with E-state index in [9.17, 15) is 4.79 Å². The van der Waals surface area contributed by atoms with Crippen LogP contribution in [0.2, 0.25) is 0 Å². The van der Waals surface area contributed by atoms with Crippen molar-refractivity contribution in [3.63, 3.8) is 0 Å². The van der Waals surface area contributed by atoms with Crippen molar-refractivity contribution in [2.75, 3.05) is 26.5 Å². The molecular weight excluding hydrogens is 394 g/mol. The minimum absolute atomic E-state index is 0.127. The molecule has 164 valence electrons. The van der Waals surface area contributed by atoms with Gasteiger partial charge >= 0.3 is 0 Å². The minimum Gasteiger partial charge on any atom is -0.454 e. The Hall–Kier alpha value is -3.06. The van der Waals surface area contributed by atoms with Gasteiger partial charge in [-0.05, 0) is 49.9 Å². The molecule has 2 aliphatic rings. The fraction of sp³-hybridized carbons (Fsp3) is 0.417. The van der Waals surface area contributed by atoms with Crippen molar-refractivity contribution >= 4 is 11.6 Å². The third kappa shape index (κ3) is 5.98. The van der Waals surface area contributed by atoms with Crippen molar-refractivity contribution in [2.45, 2.75) is 39.3 Å². The number of benzene rings is 2. The van der Waals surface area contributed by atoms with Crippen LogP contribution in [-0.4, -0.2) is 38.1 Å². The number of hydrogen-bond acceptors (Lipinski definition) is 5. The van der Waals surface area contributed by atoms with Crippen LogP contribution in [0.15, 0.2) is 47.6 Å². The van der Waals surface area contributed by atoms with E-state index in [4.69, 9.17) is 14.3 Å². The minimum atomic E-state index is -0.205. The summed E-state index contributed by atoms with van der Waals surface area (Å²) in [4.78, 5) is 19.0. The molecule has 7 heteroatoms. The predicted octanol–water partition coefficient (Wildman–Crippen LogP) is 2.04. The number of hydrogen-bond donors (Lipinski definition) is 2. The smallest absolute Gasteiger partial charge is 0.261 e. The van der Waals surface area contributed by atoms with E-state index in [0.717, 1.165) is 23.4 Å². The maximum Gasteiger partial charge on any atom is 0.261 e. The Morgan fingerprint density at radius 2 is 1.77 bits per heavy atom. The van der Waals surface area contributed by atoms with Gasteiger partial charge in [-0.25, -0.2) is 0 Å². The number of ether oxygens (including phenoxy) is 2. The van der Waals surface area contributed by atoms with E-state index in [1.54, 1.807) is 4.90 Å². The van der Waals surface area contributed by atoms with Gasteiger partial charge in [-0.2, -0.15) is 0 Å². The van der Waals surface area contributed by atoms with Gasteiger partial charge in [0.15, 0.2) is 18.1 Å². The monoisotopic (exact) mass is 424 g/mol. The normalized spacial score (nSPS) is 16.2. The fourth-order valence-corrected chi connectivity index (χ4v) is 3.91. The third-order valence-electron chi connectivity index (χ3n) is 5.71. The van der Waals surface area contributed by atoms with Crippen molar-refractivity contribution in [3.05, 3.63) is 59.2 Å². The zero-order valence-electron chi connectivity index (χ0n) is 18.0. The second-order valence-corrected chi connectivity index (χ2v) is 8.10. The van der Waals surface area contributed by atoms with Gasteiger partial charge in [0, 0.05) is 17.7 Å². The van der Waals surface area contributed by atoms with Gasteiger partial charge in [0.2, 0.25) is 6.79 Å².